The van der Waals surface area contributed by atoms with Crippen LogP contribution in [-0.2, 0) is 17.6 Å². The van der Waals surface area contributed by atoms with Crippen LogP contribution < -0.4 is 4.74 Å². The maximum absolute atomic E-state index is 9.44. The molecule has 0 saturated heterocycles. The Hall–Kier alpha value is -2.32. The highest BCUT2D eigenvalue weighted by molar-refractivity contribution is 5.66. The molecule has 0 amide bonds. The number of nitrogens with zero attached hydrogens (tertiary/aromatic N) is 2. The molecule has 21 heavy (non-hydrogen) atoms. The summed E-state index contributed by atoms with van der Waals surface area (Å²) in [5.41, 5.74) is 3.50. The molecule has 0 aromatic carbocycles. The topological polar surface area (TPSA) is 68.3 Å². The molecule has 1 aliphatic rings. The first-order valence-electron chi connectivity index (χ1n) is 6.96. The van der Waals surface area contributed by atoms with Crippen LogP contribution in [0.5, 0.6) is 5.88 Å². The fourth-order valence-corrected chi connectivity index (χ4v) is 2.69. The number of aromatic nitrogens is 1. The first-order chi connectivity index (χ1) is 10.3. The molecular formula is C16H16N2O3. The van der Waals surface area contributed by atoms with Gasteiger partial charge < -0.3 is 13.9 Å². The van der Waals surface area contributed by atoms with Crippen molar-refractivity contribution in [3.05, 3.63) is 35.1 Å². The Morgan fingerprint density at radius 3 is 2.90 bits per heavy atom. The number of fused-ring (bicyclic) bond motifs is 1. The smallest absolute Gasteiger partial charge is 0.232 e. The molecule has 0 atom stereocenters. The van der Waals surface area contributed by atoms with E-state index in [0.717, 1.165) is 36.1 Å². The second-order valence-electron chi connectivity index (χ2n) is 4.88. The Morgan fingerprint density at radius 1 is 1.33 bits per heavy atom. The third-order valence-electron chi connectivity index (χ3n) is 3.63. The van der Waals surface area contributed by atoms with E-state index in [-0.39, 0.29) is 0 Å². The van der Waals surface area contributed by atoms with Gasteiger partial charge in [0.25, 0.3) is 0 Å². The molecule has 0 spiro atoms. The standard InChI is InChI=1S/C16H16N2O3/c1-19-8-9-21-16-13(10-17)11-4-2-5-12(11)15(18-16)14-6-3-7-20-14/h3,6-7H,2,4-5,8-9H2,1H3. The van der Waals surface area contributed by atoms with Crippen LogP contribution in [0.15, 0.2) is 22.8 Å². The van der Waals surface area contributed by atoms with Crippen LogP contribution in [-0.4, -0.2) is 25.3 Å². The number of methoxy groups -OCH3 is 1. The van der Waals surface area contributed by atoms with E-state index in [0.29, 0.717) is 30.4 Å². The molecule has 108 valence electrons. The van der Waals surface area contributed by atoms with Gasteiger partial charge in [0.1, 0.15) is 23.9 Å². The lowest BCUT2D eigenvalue weighted by Crippen LogP contribution is -2.09. The molecule has 5 heteroatoms. The Morgan fingerprint density at radius 2 is 2.19 bits per heavy atom. The summed E-state index contributed by atoms with van der Waals surface area (Å²) < 4.78 is 16.1. The van der Waals surface area contributed by atoms with E-state index in [1.165, 1.54) is 0 Å². The van der Waals surface area contributed by atoms with E-state index in [9.17, 15) is 5.26 Å². The summed E-state index contributed by atoms with van der Waals surface area (Å²) in [4.78, 5) is 4.54. The van der Waals surface area contributed by atoms with Crippen molar-refractivity contribution in [2.45, 2.75) is 19.3 Å². The zero-order valence-corrected chi connectivity index (χ0v) is 11.9. The van der Waals surface area contributed by atoms with E-state index in [1.807, 2.05) is 12.1 Å². The van der Waals surface area contributed by atoms with Gasteiger partial charge in [-0.25, -0.2) is 4.98 Å². The van der Waals surface area contributed by atoms with E-state index >= 15 is 0 Å². The van der Waals surface area contributed by atoms with Crippen molar-refractivity contribution >= 4 is 0 Å². The lowest BCUT2D eigenvalue weighted by Gasteiger charge is -2.13. The Bertz CT molecular complexity index is 672. The van der Waals surface area contributed by atoms with Crippen LogP contribution in [0.2, 0.25) is 0 Å². The van der Waals surface area contributed by atoms with Crippen LogP contribution >= 0.6 is 0 Å². The molecule has 2 aromatic rings. The number of ether oxygens (including phenoxy) is 2. The summed E-state index contributed by atoms with van der Waals surface area (Å²) in [5, 5.41) is 9.44. The van der Waals surface area contributed by atoms with Crippen LogP contribution in [0.4, 0.5) is 0 Å². The van der Waals surface area contributed by atoms with Crippen LogP contribution in [0.25, 0.3) is 11.5 Å². The van der Waals surface area contributed by atoms with Crippen LogP contribution in [0.1, 0.15) is 23.1 Å². The van der Waals surface area contributed by atoms with Gasteiger partial charge in [0.2, 0.25) is 5.88 Å². The van der Waals surface area contributed by atoms with Gasteiger partial charge >= 0.3 is 0 Å². The highest BCUT2D eigenvalue weighted by Crippen LogP contribution is 2.37. The van der Waals surface area contributed by atoms with E-state index in [2.05, 4.69) is 11.1 Å². The molecule has 5 nitrogen and oxygen atoms in total. The number of pyridine rings is 1. The molecule has 0 N–H and O–H groups in total. The number of rotatable bonds is 5. The third kappa shape index (κ3) is 2.50. The second-order valence-corrected chi connectivity index (χ2v) is 4.88. The van der Waals surface area contributed by atoms with Gasteiger partial charge in [-0.2, -0.15) is 5.26 Å². The molecule has 1 aliphatic carbocycles. The van der Waals surface area contributed by atoms with Crippen LogP contribution in [0, 0.1) is 11.3 Å². The van der Waals surface area contributed by atoms with Gasteiger partial charge in [0.15, 0.2) is 5.76 Å². The van der Waals surface area contributed by atoms with Gasteiger partial charge in [0, 0.05) is 7.11 Å². The maximum Gasteiger partial charge on any atom is 0.232 e. The first-order valence-corrected chi connectivity index (χ1v) is 6.96. The highest BCUT2D eigenvalue weighted by Gasteiger charge is 2.25. The fraction of sp³-hybridized carbons (Fsp3) is 0.375. The zero-order valence-electron chi connectivity index (χ0n) is 11.9. The summed E-state index contributed by atoms with van der Waals surface area (Å²) in [5.74, 6) is 1.09. The fourth-order valence-electron chi connectivity index (χ4n) is 2.69. The number of hydrogen-bond donors (Lipinski definition) is 0. The van der Waals surface area contributed by atoms with Crippen molar-refractivity contribution in [1.82, 2.24) is 4.98 Å². The molecule has 0 radical (unpaired) electrons. The molecular weight excluding hydrogens is 268 g/mol. The minimum Gasteiger partial charge on any atom is -0.474 e. The van der Waals surface area contributed by atoms with Crippen molar-refractivity contribution < 1.29 is 13.9 Å². The van der Waals surface area contributed by atoms with Gasteiger partial charge in [-0.05, 0) is 42.5 Å². The van der Waals surface area contributed by atoms with Gasteiger partial charge in [0.05, 0.1) is 12.9 Å². The molecule has 2 aromatic heterocycles. The van der Waals surface area contributed by atoms with Gasteiger partial charge in [-0.1, -0.05) is 0 Å². The van der Waals surface area contributed by atoms with E-state index in [1.54, 1.807) is 13.4 Å². The monoisotopic (exact) mass is 284 g/mol. The average Bonchev–Trinajstić information content (AvgIpc) is 3.18. The van der Waals surface area contributed by atoms with Crippen LogP contribution in [0.3, 0.4) is 0 Å². The van der Waals surface area contributed by atoms with E-state index < -0.39 is 0 Å². The maximum atomic E-state index is 9.44. The van der Waals surface area contributed by atoms with Gasteiger partial charge in [-0.3, -0.25) is 0 Å². The van der Waals surface area contributed by atoms with E-state index in [4.69, 9.17) is 13.9 Å². The lowest BCUT2D eigenvalue weighted by molar-refractivity contribution is 0.143. The zero-order chi connectivity index (χ0) is 14.7. The highest BCUT2D eigenvalue weighted by atomic mass is 16.5. The minimum absolute atomic E-state index is 0.370. The average molecular weight is 284 g/mol. The largest absolute Gasteiger partial charge is 0.474 e. The Kier molecular flexibility index (Phi) is 3.89. The van der Waals surface area contributed by atoms with Crippen molar-refractivity contribution in [3.63, 3.8) is 0 Å². The molecule has 3 rings (SSSR count). The van der Waals surface area contributed by atoms with Crippen molar-refractivity contribution in [1.29, 1.82) is 5.26 Å². The number of nitriles is 1. The Labute approximate surface area is 123 Å². The lowest BCUT2D eigenvalue weighted by atomic mass is 10.0. The number of furan rings is 1. The summed E-state index contributed by atoms with van der Waals surface area (Å²) in [6.07, 6.45) is 4.46. The predicted octanol–water partition coefficient (Wildman–Crippen LogP) is 2.73. The number of hydrogen-bond acceptors (Lipinski definition) is 5. The molecule has 2 heterocycles. The SMILES string of the molecule is COCCOc1nc(-c2ccco2)c2c(c1C#N)CCC2. The molecule has 0 bridgehead atoms. The summed E-state index contributed by atoms with van der Waals surface area (Å²) in [7, 11) is 1.61. The Balaban J connectivity index is 2.07. The van der Waals surface area contributed by atoms with Gasteiger partial charge in [-0.15, -0.1) is 0 Å². The minimum atomic E-state index is 0.370. The summed E-state index contributed by atoms with van der Waals surface area (Å²) >= 11 is 0. The second kappa shape index (κ2) is 5.98. The molecule has 0 unspecified atom stereocenters. The molecule has 0 fully saturated rings. The quantitative estimate of drug-likeness (QED) is 0.790. The normalized spacial score (nSPS) is 13.0. The first kappa shape index (κ1) is 13.7. The summed E-state index contributed by atoms with van der Waals surface area (Å²) in [6, 6.07) is 5.95. The van der Waals surface area contributed by atoms with Crippen molar-refractivity contribution in [3.8, 4) is 23.4 Å². The molecule has 0 aliphatic heterocycles. The van der Waals surface area contributed by atoms with Crippen molar-refractivity contribution in [2.75, 3.05) is 20.3 Å². The third-order valence-corrected chi connectivity index (χ3v) is 3.63. The summed E-state index contributed by atoms with van der Waals surface area (Å²) in [6.45, 7) is 0.828. The van der Waals surface area contributed by atoms with Crippen molar-refractivity contribution in [2.24, 2.45) is 0 Å². The molecule has 0 saturated carbocycles. The predicted molar refractivity (Wildman–Crippen MR) is 76.1 cm³/mol.